The zero-order valence-corrected chi connectivity index (χ0v) is 22.0. The number of aryl methyl sites for hydroxylation is 2. The van der Waals surface area contributed by atoms with Crippen molar-refractivity contribution in [2.75, 3.05) is 23.5 Å². The Bertz CT molecular complexity index is 1370. The molecular formula is C29H35N7O2. The van der Waals surface area contributed by atoms with Gasteiger partial charge in [0.05, 0.1) is 5.69 Å². The summed E-state index contributed by atoms with van der Waals surface area (Å²) in [6.45, 7) is 9.87. The molecule has 1 fully saturated rings. The van der Waals surface area contributed by atoms with Crippen LogP contribution in [0.3, 0.4) is 0 Å². The minimum atomic E-state index is -0.989. The van der Waals surface area contributed by atoms with Crippen LogP contribution in [-0.4, -0.2) is 33.1 Å². The lowest BCUT2D eigenvalue weighted by Crippen LogP contribution is -2.33. The highest BCUT2D eigenvalue weighted by Gasteiger charge is 2.46. The number of hydroxylamine groups is 1. The van der Waals surface area contributed by atoms with Crippen LogP contribution in [0.15, 0.2) is 49.2 Å². The third-order valence-electron chi connectivity index (χ3n) is 7.88. The Morgan fingerprint density at radius 3 is 2.87 bits per heavy atom. The van der Waals surface area contributed by atoms with Gasteiger partial charge in [-0.15, -0.1) is 6.58 Å². The van der Waals surface area contributed by atoms with Crippen molar-refractivity contribution < 1.29 is 10.0 Å². The second kappa shape index (κ2) is 9.74. The number of rotatable bonds is 8. The molecule has 3 aliphatic rings. The van der Waals surface area contributed by atoms with Gasteiger partial charge in [-0.05, 0) is 80.8 Å². The van der Waals surface area contributed by atoms with E-state index in [1.54, 1.807) is 17.3 Å². The molecule has 0 saturated heterocycles. The minimum absolute atomic E-state index is 0.336. The smallest absolute Gasteiger partial charge is 0.229 e. The Morgan fingerprint density at radius 2 is 2.05 bits per heavy atom. The van der Waals surface area contributed by atoms with Crippen LogP contribution >= 0.6 is 0 Å². The molecule has 1 unspecified atom stereocenters. The number of nitrogens with zero attached hydrogens (tertiary/aromatic N) is 4. The van der Waals surface area contributed by atoms with E-state index in [1.807, 2.05) is 26.0 Å². The maximum absolute atomic E-state index is 11.0. The van der Waals surface area contributed by atoms with Gasteiger partial charge in [0, 0.05) is 42.5 Å². The second-order valence-corrected chi connectivity index (χ2v) is 10.9. The molecule has 9 nitrogen and oxygen atoms in total. The number of aliphatic hydroxyl groups is 1. The molecule has 9 heteroatoms. The fraction of sp³-hybridized carbons (Fsp3) is 0.414. The number of hydrogen-bond acceptors (Lipinski definition) is 9. The van der Waals surface area contributed by atoms with Gasteiger partial charge in [-0.25, -0.2) is 9.97 Å². The van der Waals surface area contributed by atoms with Crippen molar-refractivity contribution in [2.24, 2.45) is 0 Å². The normalized spacial score (nSPS) is 20.9. The Balaban J connectivity index is 1.32. The lowest BCUT2D eigenvalue weighted by Gasteiger charge is -2.31. The average Bonchev–Trinajstić information content (AvgIpc) is 3.68. The van der Waals surface area contributed by atoms with Crippen LogP contribution in [0.4, 0.5) is 23.3 Å². The van der Waals surface area contributed by atoms with Gasteiger partial charge in [0.15, 0.2) is 11.6 Å². The SMILES string of the molecule is C=CCNON(c1ccc2c(n1)C(C)(O)CCC2)c1nc(Nc2ccc3c(c2)CNCC32CC2)ncc1C. The monoisotopic (exact) mass is 513 g/mol. The molecule has 3 aromatic rings. The van der Waals surface area contributed by atoms with Crippen LogP contribution in [0, 0.1) is 6.92 Å². The zero-order chi connectivity index (χ0) is 26.3. The van der Waals surface area contributed by atoms with Crippen molar-refractivity contribution in [3.05, 3.63) is 77.1 Å². The Kier molecular flexibility index (Phi) is 6.39. The molecule has 0 radical (unpaired) electrons. The number of nitrogens with one attached hydrogen (secondary N) is 3. The van der Waals surface area contributed by atoms with Gasteiger partial charge in [0.1, 0.15) is 5.60 Å². The van der Waals surface area contributed by atoms with Gasteiger partial charge in [-0.1, -0.05) is 18.2 Å². The molecule has 2 aromatic heterocycles. The van der Waals surface area contributed by atoms with Gasteiger partial charge in [0.2, 0.25) is 5.95 Å². The lowest BCUT2D eigenvalue weighted by atomic mass is 9.84. The Labute approximate surface area is 223 Å². The number of aromatic nitrogens is 3. The predicted molar refractivity (Wildman–Crippen MR) is 147 cm³/mol. The first-order valence-corrected chi connectivity index (χ1v) is 13.4. The quantitative estimate of drug-likeness (QED) is 0.198. The lowest BCUT2D eigenvalue weighted by molar-refractivity contribution is 0.0314. The number of anilines is 4. The maximum Gasteiger partial charge on any atom is 0.229 e. The molecular weight excluding hydrogens is 478 g/mol. The van der Waals surface area contributed by atoms with Gasteiger partial charge >= 0.3 is 0 Å². The summed E-state index contributed by atoms with van der Waals surface area (Å²) in [6, 6.07) is 10.5. The summed E-state index contributed by atoms with van der Waals surface area (Å²) in [5.74, 6) is 1.51. The van der Waals surface area contributed by atoms with Crippen molar-refractivity contribution in [3.63, 3.8) is 0 Å². The van der Waals surface area contributed by atoms with Crippen LogP contribution in [0.1, 0.15) is 60.6 Å². The number of fused-ring (bicyclic) bond motifs is 3. The molecule has 1 saturated carbocycles. The van der Waals surface area contributed by atoms with Crippen molar-refractivity contribution in [1.29, 1.82) is 0 Å². The van der Waals surface area contributed by atoms with E-state index in [9.17, 15) is 5.11 Å². The van der Waals surface area contributed by atoms with Crippen LogP contribution in [0.25, 0.3) is 0 Å². The zero-order valence-electron chi connectivity index (χ0n) is 22.0. The van der Waals surface area contributed by atoms with Crippen molar-refractivity contribution >= 4 is 23.3 Å². The third kappa shape index (κ3) is 4.67. The van der Waals surface area contributed by atoms with E-state index in [1.165, 1.54) is 24.0 Å². The standard InChI is InChI=1S/C29H35N7O2/c1-4-14-32-38-36(24-10-7-20-6-5-11-28(3,37)25(20)34-24)26-19(2)16-31-27(35-26)33-22-8-9-23-21(15-22)17-30-18-29(23)12-13-29/h4,7-10,15-16,30,32,37H,1,5-6,11-14,17-18H2,2-3H3,(H,31,33,35). The van der Waals surface area contributed by atoms with Gasteiger partial charge < -0.3 is 15.7 Å². The fourth-order valence-corrected chi connectivity index (χ4v) is 5.65. The molecule has 0 bridgehead atoms. The van der Waals surface area contributed by atoms with Crippen molar-refractivity contribution in [1.82, 2.24) is 25.7 Å². The van der Waals surface area contributed by atoms with Crippen LogP contribution in [0.5, 0.6) is 0 Å². The molecule has 1 spiro atoms. The summed E-state index contributed by atoms with van der Waals surface area (Å²) in [6.07, 6.45) is 8.48. The summed E-state index contributed by atoms with van der Waals surface area (Å²) < 4.78 is 0. The molecule has 1 atom stereocenters. The Morgan fingerprint density at radius 1 is 1.18 bits per heavy atom. The van der Waals surface area contributed by atoms with E-state index in [-0.39, 0.29) is 0 Å². The summed E-state index contributed by atoms with van der Waals surface area (Å²) >= 11 is 0. The Hall–Kier alpha value is -3.37. The van der Waals surface area contributed by atoms with E-state index >= 15 is 0 Å². The van der Waals surface area contributed by atoms with E-state index in [0.29, 0.717) is 41.7 Å². The molecule has 1 aromatic carbocycles. The molecule has 1 aliphatic heterocycles. The molecule has 6 rings (SSSR count). The van der Waals surface area contributed by atoms with Gasteiger partial charge in [-0.3, -0.25) is 0 Å². The highest BCUT2D eigenvalue weighted by atomic mass is 16.8. The van der Waals surface area contributed by atoms with Crippen LogP contribution < -0.4 is 21.2 Å². The first kappa shape index (κ1) is 24.9. The summed E-state index contributed by atoms with van der Waals surface area (Å²) in [4.78, 5) is 20.1. The van der Waals surface area contributed by atoms with E-state index in [0.717, 1.165) is 42.7 Å². The summed E-state index contributed by atoms with van der Waals surface area (Å²) in [5, 5.41) is 19.5. The molecule has 2 aliphatic carbocycles. The van der Waals surface area contributed by atoms with Gasteiger partial charge in [-0.2, -0.15) is 20.5 Å². The maximum atomic E-state index is 11.0. The highest BCUT2D eigenvalue weighted by Crippen LogP contribution is 2.50. The van der Waals surface area contributed by atoms with Crippen LogP contribution in [0.2, 0.25) is 0 Å². The molecule has 3 heterocycles. The molecule has 198 valence electrons. The van der Waals surface area contributed by atoms with Crippen molar-refractivity contribution in [3.8, 4) is 0 Å². The van der Waals surface area contributed by atoms with E-state index < -0.39 is 5.60 Å². The third-order valence-corrected chi connectivity index (χ3v) is 7.88. The largest absolute Gasteiger partial charge is 0.384 e. The van der Waals surface area contributed by atoms with E-state index in [4.69, 9.17) is 14.9 Å². The average molecular weight is 514 g/mol. The van der Waals surface area contributed by atoms with Gasteiger partial charge in [0.25, 0.3) is 0 Å². The van der Waals surface area contributed by atoms with Crippen molar-refractivity contribution in [2.45, 2.75) is 63.5 Å². The summed E-state index contributed by atoms with van der Waals surface area (Å²) in [5.41, 5.74) is 8.53. The minimum Gasteiger partial charge on any atom is -0.384 e. The number of pyridine rings is 1. The number of hydrogen-bond donors (Lipinski definition) is 4. The second-order valence-electron chi connectivity index (χ2n) is 10.9. The molecule has 0 amide bonds. The fourth-order valence-electron chi connectivity index (χ4n) is 5.65. The predicted octanol–water partition coefficient (Wildman–Crippen LogP) is 4.36. The highest BCUT2D eigenvalue weighted by molar-refractivity contribution is 5.62. The molecule has 4 N–H and O–H groups in total. The first-order chi connectivity index (χ1) is 18.4. The van der Waals surface area contributed by atoms with E-state index in [2.05, 4.69) is 45.9 Å². The summed E-state index contributed by atoms with van der Waals surface area (Å²) in [7, 11) is 0. The van der Waals surface area contributed by atoms with Crippen LogP contribution in [-0.2, 0) is 28.9 Å². The molecule has 38 heavy (non-hydrogen) atoms. The first-order valence-electron chi connectivity index (χ1n) is 13.4. The number of benzene rings is 1. The topological polar surface area (TPSA) is 107 Å².